The van der Waals surface area contributed by atoms with E-state index in [1.54, 1.807) is 0 Å². The van der Waals surface area contributed by atoms with Crippen LogP contribution in [0.3, 0.4) is 0 Å². The van der Waals surface area contributed by atoms with Gasteiger partial charge < -0.3 is 15.2 Å². The first kappa shape index (κ1) is 13.7. The van der Waals surface area contributed by atoms with Crippen LogP contribution in [0.1, 0.15) is 12.0 Å². The Morgan fingerprint density at radius 2 is 1.90 bits per heavy atom. The summed E-state index contributed by atoms with van der Waals surface area (Å²) in [6, 6.07) is 9.00. The number of rotatable bonds is 4. The van der Waals surface area contributed by atoms with E-state index in [1.165, 1.54) is 0 Å². The molecule has 110 valence electrons. The molecule has 2 N–H and O–H groups in total. The molecule has 0 heterocycles. The lowest BCUT2D eigenvalue weighted by molar-refractivity contribution is -0.143. The maximum atomic E-state index is 11.9. The van der Waals surface area contributed by atoms with Crippen LogP contribution in [0.25, 0.3) is 0 Å². The molecule has 1 fully saturated rings. The average molecular weight is 287 g/mol. The molecule has 0 unspecified atom stereocenters. The smallest absolute Gasteiger partial charge is 0.407 e. The van der Waals surface area contributed by atoms with Crippen molar-refractivity contribution in [3.63, 3.8) is 0 Å². The van der Waals surface area contributed by atoms with Crippen molar-refractivity contribution in [1.82, 2.24) is 5.32 Å². The molecule has 3 rings (SSSR count). The van der Waals surface area contributed by atoms with Gasteiger partial charge in [-0.2, -0.15) is 0 Å². The monoisotopic (exact) mass is 287 g/mol. The van der Waals surface area contributed by atoms with Crippen LogP contribution in [0.2, 0.25) is 0 Å². The molecule has 0 aromatic heterocycles. The first-order chi connectivity index (χ1) is 10.1. The Labute approximate surface area is 122 Å². The fraction of sp³-hybridized carbons (Fsp3) is 0.375. The summed E-state index contributed by atoms with van der Waals surface area (Å²) < 4.78 is 5.16. The number of allylic oxidation sites excluding steroid dienone is 1. The van der Waals surface area contributed by atoms with Gasteiger partial charge in [-0.15, -0.1) is 0 Å². The number of carbonyl (C=O) groups is 2. The van der Waals surface area contributed by atoms with Crippen LogP contribution in [0.5, 0.6) is 0 Å². The normalized spacial score (nSPS) is 29.3. The standard InChI is InChI=1S/C16H17NO4/c18-15(19)13-11-6-7-12(8-11)14(13)17-16(20)21-9-10-4-2-1-3-5-10/h1-7,11-14H,8-9H2,(H,17,20)(H,18,19)/t11-,12-,13+,14+/m1/s1. The van der Waals surface area contributed by atoms with Gasteiger partial charge in [-0.05, 0) is 23.8 Å². The van der Waals surface area contributed by atoms with Crippen LogP contribution in [-0.2, 0) is 16.1 Å². The number of alkyl carbamates (subject to hydrolysis) is 1. The highest BCUT2D eigenvalue weighted by Gasteiger charge is 2.49. The van der Waals surface area contributed by atoms with Crippen LogP contribution >= 0.6 is 0 Å². The summed E-state index contributed by atoms with van der Waals surface area (Å²) in [5.41, 5.74) is 0.898. The van der Waals surface area contributed by atoms with E-state index < -0.39 is 18.0 Å². The fourth-order valence-corrected chi connectivity index (χ4v) is 3.26. The van der Waals surface area contributed by atoms with Crippen molar-refractivity contribution in [3.8, 4) is 0 Å². The average Bonchev–Trinajstić information content (AvgIpc) is 3.07. The van der Waals surface area contributed by atoms with Crippen LogP contribution in [0, 0.1) is 17.8 Å². The van der Waals surface area contributed by atoms with Gasteiger partial charge in [0.2, 0.25) is 0 Å². The summed E-state index contributed by atoms with van der Waals surface area (Å²) in [5.74, 6) is -1.29. The summed E-state index contributed by atoms with van der Waals surface area (Å²) in [5, 5.41) is 12.0. The predicted octanol–water partition coefficient (Wildman–Crippen LogP) is 2.19. The van der Waals surface area contributed by atoms with Crippen molar-refractivity contribution in [2.75, 3.05) is 0 Å². The molecule has 5 nitrogen and oxygen atoms in total. The Morgan fingerprint density at radius 1 is 1.19 bits per heavy atom. The molecule has 21 heavy (non-hydrogen) atoms. The highest BCUT2D eigenvalue weighted by atomic mass is 16.5. The Bertz CT molecular complexity index is 569. The number of nitrogens with one attached hydrogen (secondary N) is 1. The number of amides is 1. The summed E-state index contributed by atoms with van der Waals surface area (Å²) in [7, 11) is 0. The van der Waals surface area contributed by atoms with Crippen molar-refractivity contribution in [1.29, 1.82) is 0 Å². The van der Waals surface area contributed by atoms with Gasteiger partial charge in [0.15, 0.2) is 0 Å². The zero-order valence-corrected chi connectivity index (χ0v) is 11.4. The number of fused-ring (bicyclic) bond motifs is 2. The summed E-state index contributed by atoms with van der Waals surface area (Å²) in [4.78, 5) is 23.2. The largest absolute Gasteiger partial charge is 0.481 e. The molecule has 0 radical (unpaired) electrons. The van der Waals surface area contributed by atoms with Gasteiger partial charge in [0, 0.05) is 0 Å². The lowest BCUT2D eigenvalue weighted by atomic mass is 9.89. The van der Waals surface area contributed by atoms with Crippen LogP contribution in [-0.4, -0.2) is 23.2 Å². The van der Waals surface area contributed by atoms with Gasteiger partial charge >= 0.3 is 12.1 Å². The second-order valence-electron chi connectivity index (χ2n) is 5.54. The van der Waals surface area contributed by atoms with E-state index in [4.69, 9.17) is 4.74 Å². The second kappa shape index (κ2) is 5.60. The molecule has 1 aromatic rings. The first-order valence-electron chi connectivity index (χ1n) is 7.03. The third kappa shape index (κ3) is 2.77. The Hall–Kier alpha value is -2.30. The van der Waals surface area contributed by atoms with Gasteiger partial charge in [0.1, 0.15) is 6.61 Å². The molecule has 0 saturated heterocycles. The summed E-state index contributed by atoms with van der Waals surface area (Å²) in [6.45, 7) is 0.182. The molecule has 2 aliphatic rings. The van der Waals surface area contributed by atoms with E-state index in [0.717, 1.165) is 12.0 Å². The van der Waals surface area contributed by atoms with Gasteiger partial charge in [-0.3, -0.25) is 4.79 Å². The number of benzene rings is 1. The van der Waals surface area contributed by atoms with Crippen molar-refractivity contribution >= 4 is 12.1 Å². The van der Waals surface area contributed by atoms with Gasteiger partial charge in [-0.1, -0.05) is 42.5 Å². The lowest BCUT2D eigenvalue weighted by Crippen LogP contribution is -2.45. The molecule has 2 bridgehead atoms. The molecular formula is C16H17NO4. The molecule has 1 aromatic carbocycles. The van der Waals surface area contributed by atoms with E-state index >= 15 is 0 Å². The maximum absolute atomic E-state index is 11.9. The minimum atomic E-state index is -0.861. The molecular weight excluding hydrogens is 270 g/mol. The topological polar surface area (TPSA) is 75.6 Å². The van der Waals surface area contributed by atoms with E-state index in [2.05, 4.69) is 5.32 Å². The van der Waals surface area contributed by atoms with E-state index in [9.17, 15) is 14.7 Å². The van der Waals surface area contributed by atoms with E-state index in [1.807, 2.05) is 42.5 Å². The SMILES string of the molecule is O=C(N[C@@H]1[C@@H](C(=O)O)[C@@H]2C=C[C@@H]1C2)OCc1ccccc1. The zero-order valence-electron chi connectivity index (χ0n) is 11.4. The highest BCUT2D eigenvalue weighted by molar-refractivity contribution is 5.75. The van der Waals surface area contributed by atoms with Crippen LogP contribution < -0.4 is 5.32 Å². The van der Waals surface area contributed by atoms with Gasteiger partial charge in [0.05, 0.1) is 12.0 Å². The number of carboxylic acids is 1. The number of carboxylic acid groups (broad SMARTS) is 1. The third-order valence-corrected chi connectivity index (χ3v) is 4.24. The molecule has 1 amide bonds. The maximum Gasteiger partial charge on any atom is 0.407 e. The van der Waals surface area contributed by atoms with E-state index in [-0.39, 0.29) is 24.5 Å². The Morgan fingerprint density at radius 3 is 2.62 bits per heavy atom. The van der Waals surface area contributed by atoms with Crippen molar-refractivity contribution < 1.29 is 19.4 Å². The fourth-order valence-electron chi connectivity index (χ4n) is 3.26. The van der Waals surface area contributed by atoms with Gasteiger partial charge in [0.25, 0.3) is 0 Å². The number of hydrogen-bond donors (Lipinski definition) is 2. The van der Waals surface area contributed by atoms with Crippen molar-refractivity contribution in [3.05, 3.63) is 48.0 Å². The predicted molar refractivity (Wildman–Crippen MR) is 75.4 cm³/mol. The van der Waals surface area contributed by atoms with Crippen molar-refractivity contribution in [2.24, 2.45) is 17.8 Å². The Balaban J connectivity index is 1.57. The van der Waals surface area contributed by atoms with Crippen LogP contribution in [0.15, 0.2) is 42.5 Å². The van der Waals surface area contributed by atoms with Gasteiger partial charge in [-0.25, -0.2) is 4.79 Å². The lowest BCUT2D eigenvalue weighted by Gasteiger charge is -2.25. The third-order valence-electron chi connectivity index (χ3n) is 4.24. The van der Waals surface area contributed by atoms with Crippen LogP contribution in [0.4, 0.5) is 4.79 Å². The summed E-state index contributed by atoms with van der Waals surface area (Å²) in [6.07, 6.45) is 4.17. The number of hydrogen-bond acceptors (Lipinski definition) is 3. The molecule has 0 spiro atoms. The molecule has 1 saturated carbocycles. The van der Waals surface area contributed by atoms with E-state index in [0.29, 0.717) is 0 Å². The molecule has 5 heteroatoms. The number of carbonyl (C=O) groups excluding carboxylic acids is 1. The zero-order chi connectivity index (χ0) is 14.8. The minimum absolute atomic E-state index is 0.0203. The second-order valence-corrected chi connectivity index (χ2v) is 5.54. The quantitative estimate of drug-likeness (QED) is 0.832. The minimum Gasteiger partial charge on any atom is -0.481 e. The molecule has 4 atom stereocenters. The summed E-state index contributed by atoms with van der Waals surface area (Å²) >= 11 is 0. The van der Waals surface area contributed by atoms with Crippen molar-refractivity contribution in [2.45, 2.75) is 19.1 Å². The molecule has 2 aliphatic carbocycles. The molecule has 0 aliphatic heterocycles. The first-order valence-corrected chi connectivity index (χ1v) is 7.03. The number of aliphatic carboxylic acids is 1. The highest BCUT2D eigenvalue weighted by Crippen LogP contribution is 2.43. The number of ether oxygens (including phenoxy) is 1. The Kier molecular flexibility index (Phi) is 3.64.